The first kappa shape index (κ1) is 22.6. The molecule has 0 spiro atoms. The number of para-hydroxylation sites is 2. The van der Waals surface area contributed by atoms with Crippen molar-refractivity contribution in [2.24, 2.45) is 0 Å². The minimum atomic E-state index is 0.0559. The molecule has 2 fully saturated rings. The molecule has 0 radical (unpaired) electrons. The van der Waals surface area contributed by atoms with Crippen LogP contribution in [0.5, 0.6) is 11.5 Å². The standard InChI is InChI=1S/C28H32N4O2S/c1-3-30(4-2)28(33)19-9-12-24-26(15-19)34-25-8-6-5-7-23(25)32(24)22-16-20-10-11-21(17-22)31(20)18-27-29-13-14-35-27/h5-9,12-15,20-22H,3-4,10-11,16-18H2,1-2H3. The molecule has 2 bridgehead atoms. The van der Waals surface area contributed by atoms with Gasteiger partial charge in [-0.05, 0) is 69.9 Å². The molecule has 35 heavy (non-hydrogen) atoms. The Balaban J connectivity index is 1.32. The van der Waals surface area contributed by atoms with Gasteiger partial charge in [0.15, 0.2) is 11.5 Å². The molecule has 6 rings (SSSR count). The molecule has 182 valence electrons. The topological polar surface area (TPSA) is 48.9 Å². The van der Waals surface area contributed by atoms with Gasteiger partial charge in [-0.15, -0.1) is 11.3 Å². The van der Waals surface area contributed by atoms with Crippen molar-refractivity contribution in [1.29, 1.82) is 0 Å². The van der Waals surface area contributed by atoms with Gasteiger partial charge in [-0.25, -0.2) is 4.98 Å². The maximum Gasteiger partial charge on any atom is 0.253 e. The van der Waals surface area contributed by atoms with Crippen LogP contribution in [0.2, 0.25) is 0 Å². The first-order valence-corrected chi connectivity index (χ1v) is 13.7. The second-order valence-corrected chi connectivity index (χ2v) is 10.7. The van der Waals surface area contributed by atoms with Crippen LogP contribution in [-0.4, -0.2) is 51.9 Å². The third-order valence-electron chi connectivity index (χ3n) is 7.89. The van der Waals surface area contributed by atoms with Gasteiger partial charge in [-0.1, -0.05) is 12.1 Å². The van der Waals surface area contributed by atoms with Crippen molar-refractivity contribution in [3.8, 4) is 11.5 Å². The summed E-state index contributed by atoms with van der Waals surface area (Å²) >= 11 is 1.76. The molecule has 7 heteroatoms. The first-order valence-electron chi connectivity index (χ1n) is 12.8. The molecule has 6 nitrogen and oxygen atoms in total. The molecule has 1 amide bonds. The molecule has 2 atom stereocenters. The third kappa shape index (κ3) is 4.00. The van der Waals surface area contributed by atoms with Gasteiger partial charge in [0.2, 0.25) is 0 Å². The summed E-state index contributed by atoms with van der Waals surface area (Å²) in [6, 6.07) is 15.8. The van der Waals surface area contributed by atoms with Gasteiger partial charge in [0, 0.05) is 48.4 Å². The van der Waals surface area contributed by atoms with Crippen molar-refractivity contribution >= 4 is 28.6 Å². The van der Waals surface area contributed by atoms with Gasteiger partial charge in [0.05, 0.1) is 17.9 Å². The average molecular weight is 489 g/mol. The SMILES string of the molecule is CCN(CC)C(=O)c1ccc2c(c1)Oc1ccccc1N2C1CC2CCC(C1)N2Cc1nccs1. The number of fused-ring (bicyclic) bond motifs is 4. The summed E-state index contributed by atoms with van der Waals surface area (Å²) in [7, 11) is 0. The Morgan fingerprint density at radius 2 is 1.77 bits per heavy atom. The Bertz CT molecular complexity index is 1200. The summed E-state index contributed by atoms with van der Waals surface area (Å²) in [6.45, 7) is 6.40. The zero-order chi connectivity index (χ0) is 23.9. The van der Waals surface area contributed by atoms with E-state index in [-0.39, 0.29) is 5.91 Å². The van der Waals surface area contributed by atoms with Crippen LogP contribution in [0, 0.1) is 0 Å². The molecule has 3 aliphatic rings. The third-order valence-corrected chi connectivity index (χ3v) is 8.65. The predicted molar refractivity (Wildman–Crippen MR) is 140 cm³/mol. The van der Waals surface area contributed by atoms with Crippen LogP contribution in [0.25, 0.3) is 0 Å². The van der Waals surface area contributed by atoms with Gasteiger partial charge in [0.1, 0.15) is 5.01 Å². The maximum atomic E-state index is 13.0. The summed E-state index contributed by atoms with van der Waals surface area (Å²) in [5.74, 6) is 1.70. The number of hydrogen-bond acceptors (Lipinski definition) is 6. The van der Waals surface area contributed by atoms with E-state index in [2.05, 4.69) is 38.4 Å². The van der Waals surface area contributed by atoms with Gasteiger partial charge >= 0.3 is 0 Å². The lowest BCUT2D eigenvalue weighted by Crippen LogP contribution is -2.49. The summed E-state index contributed by atoms with van der Waals surface area (Å²) in [5.41, 5.74) is 2.88. The van der Waals surface area contributed by atoms with E-state index >= 15 is 0 Å². The number of amides is 1. The van der Waals surface area contributed by atoms with Crippen molar-refractivity contribution < 1.29 is 9.53 Å². The number of aromatic nitrogens is 1. The van der Waals surface area contributed by atoms with E-state index in [0.29, 0.717) is 36.8 Å². The number of piperidine rings is 1. The molecule has 2 saturated heterocycles. The lowest BCUT2D eigenvalue weighted by molar-refractivity contribution is 0.0772. The molecule has 3 aromatic rings. The fourth-order valence-electron chi connectivity index (χ4n) is 6.21. The fraction of sp³-hybridized carbons (Fsp3) is 0.429. The zero-order valence-electron chi connectivity index (χ0n) is 20.4. The van der Waals surface area contributed by atoms with Crippen LogP contribution < -0.4 is 9.64 Å². The Labute approximate surface area is 211 Å². The minimum absolute atomic E-state index is 0.0559. The van der Waals surface area contributed by atoms with Crippen molar-refractivity contribution in [3.63, 3.8) is 0 Å². The maximum absolute atomic E-state index is 13.0. The second-order valence-electron chi connectivity index (χ2n) is 9.71. The zero-order valence-corrected chi connectivity index (χ0v) is 21.2. The van der Waals surface area contributed by atoms with E-state index in [1.807, 2.05) is 49.2 Å². The highest BCUT2D eigenvalue weighted by Gasteiger charge is 2.44. The Kier molecular flexibility index (Phi) is 5.98. The van der Waals surface area contributed by atoms with Gasteiger partial charge in [-0.3, -0.25) is 9.69 Å². The van der Waals surface area contributed by atoms with Crippen molar-refractivity contribution in [3.05, 3.63) is 64.6 Å². The molecule has 0 N–H and O–H groups in total. The lowest BCUT2D eigenvalue weighted by atomic mass is 9.93. The number of hydrogen-bond donors (Lipinski definition) is 0. The molecule has 0 aliphatic carbocycles. The number of carbonyl (C=O) groups excluding carboxylic acids is 1. The monoisotopic (exact) mass is 488 g/mol. The first-order chi connectivity index (χ1) is 17.2. The van der Waals surface area contributed by atoms with Crippen LogP contribution >= 0.6 is 11.3 Å². The highest BCUT2D eigenvalue weighted by Crippen LogP contribution is 2.51. The van der Waals surface area contributed by atoms with Crippen LogP contribution in [0.15, 0.2) is 54.0 Å². The normalized spacial score (nSPS) is 22.9. The largest absolute Gasteiger partial charge is 0.453 e. The van der Waals surface area contributed by atoms with E-state index in [1.54, 1.807) is 11.3 Å². The number of carbonyl (C=O) groups is 1. The lowest BCUT2D eigenvalue weighted by Gasteiger charge is -2.45. The highest BCUT2D eigenvalue weighted by atomic mass is 32.1. The fourth-order valence-corrected chi connectivity index (χ4v) is 6.83. The molecule has 3 aliphatic heterocycles. The van der Waals surface area contributed by atoms with Gasteiger partial charge < -0.3 is 14.5 Å². The molecule has 1 aromatic heterocycles. The number of benzene rings is 2. The summed E-state index contributed by atoms with van der Waals surface area (Å²) in [4.78, 5) is 24.6. The Morgan fingerprint density at radius 3 is 2.49 bits per heavy atom. The smallest absolute Gasteiger partial charge is 0.253 e. The summed E-state index contributed by atoms with van der Waals surface area (Å²) < 4.78 is 6.37. The van der Waals surface area contributed by atoms with Crippen molar-refractivity contribution in [2.75, 3.05) is 18.0 Å². The van der Waals surface area contributed by atoms with Crippen LogP contribution in [0.4, 0.5) is 11.4 Å². The number of rotatable bonds is 6. The number of nitrogens with zero attached hydrogens (tertiary/aromatic N) is 4. The van der Waals surface area contributed by atoms with Crippen LogP contribution in [0.1, 0.15) is 54.9 Å². The van der Waals surface area contributed by atoms with E-state index in [9.17, 15) is 4.79 Å². The summed E-state index contributed by atoms with van der Waals surface area (Å²) in [6.07, 6.45) is 6.66. The van der Waals surface area contributed by atoms with E-state index in [0.717, 1.165) is 42.3 Å². The molecule has 0 saturated carbocycles. The second kappa shape index (κ2) is 9.28. The van der Waals surface area contributed by atoms with E-state index in [4.69, 9.17) is 4.74 Å². The number of ether oxygens (including phenoxy) is 1. The quantitative estimate of drug-likeness (QED) is 0.422. The average Bonchev–Trinajstić information content (AvgIpc) is 3.47. The summed E-state index contributed by atoms with van der Waals surface area (Å²) in [5, 5.41) is 3.29. The molecule has 2 unspecified atom stereocenters. The van der Waals surface area contributed by atoms with E-state index in [1.165, 1.54) is 17.8 Å². The highest BCUT2D eigenvalue weighted by molar-refractivity contribution is 7.09. The van der Waals surface area contributed by atoms with Crippen LogP contribution in [-0.2, 0) is 6.54 Å². The number of anilines is 2. The Morgan fingerprint density at radius 1 is 1.03 bits per heavy atom. The van der Waals surface area contributed by atoms with Crippen molar-refractivity contribution in [2.45, 2.75) is 64.2 Å². The molecule has 2 aromatic carbocycles. The minimum Gasteiger partial charge on any atom is -0.453 e. The molecular formula is C28H32N4O2S. The predicted octanol–water partition coefficient (Wildman–Crippen LogP) is 6.06. The molecular weight excluding hydrogens is 456 g/mol. The van der Waals surface area contributed by atoms with Gasteiger partial charge in [0.25, 0.3) is 5.91 Å². The molecule has 4 heterocycles. The van der Waals surface area contributed by atoms with Gasteiger partial charge in [-0.2, -0.15) is 0 Å². The number of thiazole rings is 1. The van der Waals surface area contributed by atoms with E-state index < -0.39 is 0 Å². The van der Waals surface area contributed by atoms with Crippen molar-refractivity contribution in [1.82, 2.24) is 14.8 Å². The van der Waals surface area contributed by atoms with Crippen LogP contribution in [0.3, 0.4) is 0 Å². The Hall–Kier alpha value is -2.90.